The second kappa shape index (κ2) is 4.86. The van der Waals surface area contributed by atoms with Crippen LogP contribution in [0.3, 0.4) is 0 Å². The maximum atomic E-state index is 12.4. The monoisotopic (exact) mass is 318 g/mol. The molecule has 2 atom stereocenters. The van der Waals surface area contributed by atoms with Gasteiger partial charge in [-0.15, -0.1) is 0 Å². The fraction of sp³-hybridized carbons (Fsp3) is 0.500. The second-order valence-electron chi connectivity index (χ2n) is 6.53. The quantitative estimate of drug-likeness (QED) is 0.843. The number of hydrogen-bond donors (Lipinski definition) is 2. The first kappa shape index (κ1) is 14.3. The van der Waals surface area contributed by atoms with Crippen LogP contribution < -0.4 is 15.2 Å². The molecule has 7 heteroatoms. The number of fused-ring (bicyclic) bond motifs is 1. The number of carbonyl (C=O) groups is 2. The van der Waals surface area contributed by atoms with E-state index in [0.29, 0.717) is 30.9 Å². The number of carboxylic acids is 1. The molecular formula is C16H18N2O5. The number of likely N-dealkylation sites (tertiary alicyclic amines) is 1. The Morgan fingerprint density at radius 2 is 1.96 bits per heavy atom. The van der Waals surface area contributed by atoms with Crippen molar-refractivity contribution in [1.29, 1.82) is 0 Å². The van der Waals surface area contributed by atoms with Gasteiger partial charge in [-0.3, -0.25) is 9.59 Å². The van der Waals surface area contributed by atoms with Gasteiger partial charge in [0.25, 0.3) is 0 Å². The zero-order chi connectivity index (χ0) is 16.2. The molecule has 1 aromatic carbocycles. The molecule has 0 unspecified atom stereocenters. The van der Waals surface area contributed by atoms with Gasteiger partial charge in [-0.2, -0.15) is 0 Å². The normalized spacial score (nSPS) is 27.1. The number of amides is 1. The summed E-state index contributed by atoms with van der Waals surface area (Å²) in [6.07, 6.45) is 1.35. The van der Waals surface area contributed by atoms with Gasteiger partial charge in [0, 0.05) is 19.0 Å². The summed E-state index contributed by atoms with van der Waals surface area (Å²) in [5.41, 5.74) is 6.05. The van der Waals surface area contributed by atoms with E-state index in [1.54, 1.807) is 11.0 Å². The lowest BCUT2D eigenvalue weighted by Crippen LogP contribution is -2.44. The van der Waals surface area contributed by atoms with Crippen LogP contribution in [-0.2, 0) is 9.59 Å². The number of carbonyl (C=O) groups excluding carboxylic acids is 1. The van der Waals surface area contributed by atoms with E-state index in [1.807, 2.05) is 12.1 Å². The van der Waals surface area contributed by atoms with Crippen LogP contribution in [0.15, 0.2) is 18.2 Å². The Morgan fingerprint density at radius 3 is 2.65 bits per heavy atom. The van der Waals surface area contributed by atoms with Crippen LogP contribution in [0.2, 0.25) is 0 Å². The van der Waals surface area contributed by atoms with Crippen LogP contribution in [0.25, 0.3) is 0 Å². The zero-order valence-corrected chi connectivity index (χ0v) is 12.5. The van der Waals surface area contributed by atoms with Crippen molar-refractivity contribution in [3.63, 3.8) is 0 Å². The molecule has 0 bridgehead atoms. The van der Waals surface area contributed by atoms with E-state index in [4.69, 9.17) is 15.2 Å². The molecule has 1 aliphatic carbocycles. The number of benzene rings is 1. The third kappa shape index (κ3) is 2.31. The van der Waals surface area contributed by atoms with Gasteiger partial charge in [0.15, 0.2) is 11.5 Å². The highest BCUT2D eigenvalue weighted by molar-refractivity contribution is 5.90. The summed E-state index contributed by atoms with van der Waals surface area (Å²) < 4.78 is 10.6. The molecule has 4 rings (SSSR count). The third-order valence-electron chi connectivity index (χ3n) is 4.96. The molecule has 0 spiro atoms. The summed E-state index contributed by atoms with van der Waals surface area (Å²) in [5.74, 6) is -0.661. The van der Waals surface area contributed by atoms with E-state index in [0.717, 1.165) is 5.56 Å². The first-order chi connectivity index (χ1) is 11.0. The van der Waals surface area contributed by atoms with Gasteiger partial charge in [0.1, 0.15) is 0 Å². The van der Waals surface area contributed by atoms with E-state index < -0.39 is 17.4 Å². The standard InChI is InChI=1S/C16H18N2O5/c17-16(3-4-16)15(21)18-6-10(11(7-18)14(19)20)9-1-2-12-13(5-9)23-8-22-12/h1-2,5,10-11H,3-4,6-8,17H2,(H,19,20)/t10-,11+/m1/s1. The lowest BCUT2D eigenvalue weighted by Gasteiger charge is -2.20. The van der Waals surface area contributed by atoms with E-state index in [2.05, 4.69) is 0 Å². The summed E-state index contributed by atoms with van der Waals surface area (Å²) in [6.45, 7) is 0.743. The Hall–Kier alpha value is -2.28. The molecule has 1 aromatic rings. The van der Waals surface area contributed by atoms with Crippen molar-refractivity contribution < 1.29 is 24.2 Å². The minimum absolute atomic E-state index is 0.132. The Balaban J connectivity index is 1.61. The molecule has 122 valence electrons. The summed E-state index contributed by atoms with van der Waals surface area (Å²) in [4.78, 5) is 25.7. The fourth-order valence-corrected chi connectivity index (χ4v) is 3.36. The van der Waals surface area contributed by atoms with Gasteiger partial charge in [0.05, 0.1) is 11.5 Å². The predicted octanol–water partition coefficient (Wildman–Crippen LogP) is 0.533. The Bertz CT molecular complexity index is 685. The molecule has 3 aliphatic rings. The summed E-state index contributed by atoms with van der Waals surface area (Å²) in [5, 5.41) is 9.53. The van der Waals surface area contributed by atoms with Gasteiger partial charge >= 0.3 is 5.97 Å². The molecule has 1 amide bonds. The molecule has 1 saturated carbocycles. The molecule has 1 saturated heterocycles. The van der Waals surface area contributed by atoms with Gasteiger partial charge in [-0.25, -0.2) is 0 Å². The van der Waals surface area contributed by atoms with Crippen LogP contribution >= 0.6 is 0 Å². The van der Waals surface area contributed by atoms with Gasteiger partial charge in [-0.05, 0) is 30.5 Å². The van der Waals surface area contributed by atoms with Crippen LogP contribution in [0.5, 0.6) is 11.5 Å². The van der Waals surface area contributed by atoms with Gasteiger partial charge < -0.3 is 25.2 Å². The number of nitrogens with two attached hydrogens (primary N) is 1. The number of ether oxygens (including phenoxy) is 2. The zero-order valence-electron chi connectivity index (χ0n) is 12.5. The average molecular weight is 318 g/mol. The third-order valence-corrected chi connectivity index (χ3v) is 4.96. The van der Waals surface area contributed by atoms with Crippen molar-refractivity contribution >= 4 is 11.9 Å². The van der Waals surface area contributed by atoms with E-state index in [9.17, 15) is 14.7 Å². The molecule has 2 heterocycles. The largest absolute Gasteiger partial charge is 0.481 e. The molecular weight excluding hydrogens is 300 g/mol. The van der Waals surface area contributed by atoms with Gasteiger partial charge in [0.2, 0.25) is 12.7 Å². The lowest BCUT2D eigenvalue weighted by atomic mass is 9.89. The number of hydrogen-bond acceptors (Lipinski definition) is 5. The molecule has 3 N–H and O–H groups in total. The van der Waals surface area contributed by atoms with Crippen LogP contribution in [0.1, 0.15) is 24.3 Å². The Morgan fingerprint density at radius 1 is 1.22 bits per heavy atom. The Labute approximate surface area is 133 Å². The van der Waals surface area contributed by atoms with Crippen molar-refractivity contribution in [2.75, 3.05) is 19.9 Å². The lowest BCUT2D eigenvalue weighted by molar-refractivity contribution is -0.142. The second-order valence-corrected chi connectivity index (χ2v) is 6.53. The number of rotatable bonds is 3. The summed E-state index contributed by atoms with van der Waals surface area (Å²) >= 11 is 0. The maximum Gasteiger partial charge on any atom is 0.308 e. The van der Waals surface area contributed by atoms with Crippen LogP contribution in [-0.4, -0.2) is 47.3 Å². The first-order valence-corrected chi connectivity index (χ1v) is 7.68. The van der Waals surface area contributed by atoms with Crippen LogP contribution in [0, 0.1) is 5.92 Å². The van der Waals surface area contributed by atoms with Crippen LogP contribution in [0.4, 0.5) is 0 Å². The van der Waals surface area contributed by atoms with Crippen molar-refractivity contribution in [2.24, 2.45) is 11.7 Å². The highest BCUT2D eigenvalue weighted by Crippen LogP contribution is 2.41. The first-order valence-electron chi connectivity index (χ1n) is 7.68. The van der Waals surface area contributed by atoms with Crippen molar-refractivity contribution in [2.45, 2.75) is 24.3 Å². The molecule has 0 aromatic heterocycles. The number of nitrogens with zero attached hydrogens (tertiary/aromatic N) is 1. The summed E-state index contributed by atoms with van der Waals surface area (Å²) in [7, 11) is 0. The van der Waals surface area contributed by atoms with E-state index in [-0.39, 0.29) is 25.2 Å². The Kier molecular flexibility index (Phi) is 3.02. The average Bonchev–Trinajstić information content (AvgIpc) is 2.99. The van der Waals surface area contributed by atoms with Crippen molar-refractivity contribution in [3.8, 4) is 11.5 Å². The SMILES string of the molecule is NC1(C(=O)N2C[C@H](C(=O)O)[C@@H](c3ccc4c(c3)OCO4)C2)CC1. The highest BCUT2D eigenvalue weighted by Gasteiger charge is 2.51. The molecule has 0 radical (unpaired) electrons. The minimum atomic E-state index is -0.898. The van der Waals surface area contributed by atoms with Crippen molar-refractivity contribution in [1.82, 2.24) is 4.90 Å². The predicted molar refractivity (Wildman–Crippen MR) is 79.2 cm³/mol. The molecule has 23 heavy (non-hydrogen) atoms. The van der Waals surface area contributed by atoms with E-state index >= 15 is 0 Å². The maximum absolute atomic E-state index is 12.4. The minimum Gasteiger partial charge on any atom is -0.481 e. The molecule has 2 aliphatic heterocycles. The highest BCUT2D eigenvalue weighted by atomic mass is 16.7. The smallest absolute Gasteiger partial charge is 0.308 e. The molecule has 7 nitrogen and oxygen atoms in total. The number of aliphatic carboxylic acids is 1. The van der Waals surface area contributed by atoms with Crippen molar-refractivity contribution in [3.05, 3.63) is 23.8 Å². The molecule has 2 fully saturated rings. The van der Waals surface area contributed by atoms with E-state index in [1.165, 1.54) is 0 Å². The van der Waals surface area contributed by atoms with Gasteiger partial charge in [-0.1, -0.05) is 6.07 Å². The topological polar surface area (TPSA) is 102 Å². The fourth-order valence-electron chi connectivity index (χ4n) is 3.36. The number of carboxylic acid groups (broad SMARTS) is 1. The summed E-state index contributed by atoms with van der Waals surface area (Å²) in [6, 6.07) is 5.44.